The lowest BCUT2D eigenvalue weighted by atomic mass is 9.94. The summed E-state index contributed by atoms with van der Waals surface area (Å²) >= 11 is 5.93. The normalized spacial score (nSPS) is 26.9. The number of halogens is 1. The number of hydrogen-bond acceptors (Lipinski definition) is 1. The molecule has 0 aromatic heterocycles. The monoisotopic (exact) mass is 238 g/mol. The van der Waals surface area contributed by atoms with Crippen molar-refractivity contribution in [3.05, 3.63) is 34.9 Å². The third-order valence-electron chi connectivity index (χ3n) is 3.61. The van der Waals surface area contributed by atoms with Crippen molar-refractivity contribution in [2.75, 3.05) is 0 Å². The zero-order valence-corrected chi connectivity index (χ0v) is 10.5. The molecule has 1 nitrogen and oxygen atoms in total. The second-order valence-electron chi connectivity index (χ2n) is 5.08. The minimum Gasteiger partial charge on any atom is -0.392 e. The molecule has 0 radical (unpaired) electrons. The molecule has 0 amide bonds. The van der Waals surface area contributed by atoms with Crippen molar-refractivity contribution >= 4 is 11.6 Å². The van der Waals surface area contributed by atoms with Crippen molar-refractivity contribution in [2.45, 2.75) is 38.7 Å². The highest BCUT2D eigenvalue weighted by atomic mass is 35.5. The molecule has 2 rings (SSSR count). The summed E-state index contributed by atoms with van der Waals surface area (Å²) in [6.07, 6.45) is 4.13. The van der Waals surface area contributed by atoms with Crippen LogP contribution in [0.2, 0.25) is 5.02 Å². The van der Waals surface area contributed by atoms with Gasteiger partial charge < -0.3 is 5.11 Å². The molecule has 0 saturated heterocycles. The Morgan fingerprint density at radius 3 is 2.88 bits per heavy atom. The van der Waals surface area contributed by atoms with Gasteiger partial charge in [0.05, 0.1) is 6.10 Å². The van der Waals surface area contributed by atoms with Crippen molar-refractivity contribution in [3.63, 3.8) is 0 Å². The van der Waals surface area contributed by atoms with E-state index >= 15 is 0 Å². The fraction of sp³-hybridized carbons (Fsp3) is 0.571. The maximum absolute atomic E-state index is 10.2. The van der Waals surface area contributed by atoms with Crippen LogP contribution < -0.4 is 0 Å². The van der Waals surface area contributed by atoms with Crippen molar-refractivity contribution in [3.8, 4) is 0 Å². The number of rotatable bonds is 3. The van der Waals surface area contributed by atoms with Gasteiger partial charge in [-0.25, -0.2) is 0 Å². The van der Waals surface area contributed by atoms with Gasteiger partial charge in [-0.3, -0.25) is 0 Å². The van der Waals surface area contributed by atoms with Crippen molar-refractivity contribution < 1.29 is 5.11 Å². The van der Waals surface area contributed by atoms with E-state index in [9.17, 15) is 5.11 Å². The molecule has 16 heavy (non-hydrogen) atoms. The molecule has 1 aromatic carbocycles. The topological polar surface area (TPSA) is 20.2 Å². The molecule has 1 aromatic rings. The smallest absolute Gasteiger partial charge is 0.0608 e. The Bertz CT molecular complexity index is 350. The molecule has 1 fully saturated rings. The molecule has 0 aliphatic heterocycles. The van der Waals surface area contributed by atoms with E-state index in [0.29, 0.717) is 5.92 Å². The van der Waals surface area contributed by atoms with E-state index in [-0.39, 0.29) is 6.10 Å². The van der Waals surface area contributed by atoms with Crippen molar-refractivity contribution in [1.82, 2.24) is 0 Å². The van der Waals surface area contributed by atoms with Gasteiger partial charge in [-0.15, -0.1) is 0 Å². The Hall–Kier alpha value is -0.530. The quantitative estimate of drug-likeness (QED) is 0.852. The predicted octanol–water partition coefficient (Wildman–Crippen LogP) is 3.68. The molecule has 0 bridgehead atoms. The fourth-order valence-electron chi connectivity index (χ4n) is 2.67. The summed E-state index contributed by atoms with van der Waals surface area (Å²) in [6.45, 7) is 2.27. The Kier molecular flexibility index (Phi) is 3.88. The maximum Gasteiger partial charge on any atom is 0.0608 e. The minimum atomic E-state index is -0.205. The molecule has 3 unspecified atom stereocenters. The molecule has 1 aliphatic rings. The SMILES string of the molecule is CC1CCC(C(O)Cc2cccc(Cl)c2)C1. The van der Waals surface area contributed by atoms with Gasteiger partial charge in [0.2, 0.25) is 0 Å². The van der Waals surface area contributed by atoms with Gasteiger partial charge in [0, 0.05) is 5.02 Å². The molecule has 3 atom stereocenters. The van der Waals surface area contributed by atoms with Gasteiger partial charge in [-0.2, -0.15) is 0 Å². The first-order valence-corrected chi connectivity index (χ1v) is 6.45. The van der Waals surface area contributed by atoms with Crippen LogP contribution in [-0.2, 0) is 6.42 Å². The molecular formula is C14H19ClO. The molecule has 0 spiro atoms. The Morgan fingerprint density at radius 2 is 2.25 bits per heavy atom. The van der Waals surface area contributed by atoms with Gasteiger partial charge >= 0.3 is 0 Å². The second-order valence-corrected chi connectivity index (χ2v) is 5.52. The molecular weight excluding hydrogens is 220 g/mol. The van der Waals surface area contributed by atoms with Crippen LogP contribution in [0, 0.1) is 11.8 Å². The Labute approximate surface area is 102 Å². The van der Waals surface area contributed by atoms with Crippen molar-refractivity contribution in [2.24, 2.45) is 11.8 Å². The summed E-state index contributed by atoms with van der Waals surface area (Å²) in [5.41, 5.74) is 1.14. The van der Waals surface area contributed by atoms with E-state index in [1.165, 1.54) is 19.3 Å². The molecule has 2 heteroatoms. The molecule has 88 valence electrons. The molecule has 1 N–H and O–H groups in total. The summed E-state index contributed by atoms with van der Waals surface area (Å²) < 4.78 is 0. The number of aliphatic hydroxyl groups excluding tert-OH is 1. The number of aliphatic hydroxyl groups is 1. The van der Waals surface area contributed by atoms with Gasteiger partial charge in [-0.1, -0.05) is 37.1 Å². The van der Waals surface area contributed by atoms with Crippen LogP contribution >= 0.6 is 11.6 Å². The van der Waals surface area contributed by atoms with E-state index < -0.39 is 0 Å². The summed E-state index contributed by atoms with van der Waals surface area (Å²) in [5.74, 6) is 1.26. The lowest BCUT2D eigenvalue weighted by molar-refractivity contribution is 0.109. The summed E-state index contributed by atoms with van der Waals surface area (Å²) in [6, 6.07) is 7.80. The van der Waals surface area contributed by atoms with E-state index in [1.54, 1.807) is 0 Å². The van der Waals surface area contributed by atoms with E-state index in [2.05, 4.69) is 6.92 Å². The highest BCUT2D eigenvalue weighted by Crippen LogP contribution is 2.33. The lowest BCUT2D eigenvalue weighted by Gasteiger charge is -2.18. The first-order chi connectivity index (χ1) is 7.65. The highest BCUT2D eigenvalue weighted by Gasteiger charge is 2.27. The molecule has 1 saturated carbocycles. The van der Waals surface area contributed by atoms with Gasteiger partial charge in [-0.05, 0) is 48.8 Å². The zero-order chi connectivity index (χ0) is 11.5. The second kappa shape index (κ2) is 5.20. The minimum absolute atomic E-state index is 0.205. The van der Waals surface area contributed by atoms with Crippen LogP contribution in [0.4, 0.5) is 0 Å². The summed E-state index contributed by atoms with van der Waals surface area (Å²) in [5, 5.41) is 10.9. The summed E-state index contributed by atoms with van der Waals surface area (Å²) in [4.78, 5) is 0. The zero-order valence-electron chi connectivity index (χ0n) is 9.70. The van der Waals surface area contributed by atoms with Crippen LogP contribution in [0.15, 0.2) is 24.3 Å². The number of hydrogen-bond donors (Lipinski definition) is 1. The Balaban J connectivity index is 1.94. The average Bonchev–Trinajstić information content (AvgIpc) is 2.65. The maximum atomic E-state index is 10.2. The third-order valence-corrected chi connectivity index (χ3v) is 3.85. The predicted molar refractivity (Wildman–Crippen MR) is 67.7 cm³/mol. The van der Waals surface area contributed by atoms with Gasteiger partial charge in [0.25, 0.3) is 0 Å². The fourth-order valence-corrected chi connectivity index (χ4v) is 2.89. The average molecular weight is 239 g/mol. The molecule has 1 aliphatic carbocycles. The van der Waals surface area contributed by atoms with E-state index in [1.807, 2.05) is 24.3 Å². The molecule has 0 heterocycles. The van der Waals surface area contributed by atoms with Crippen LogP contribution in [0.5, 0.6) is 0 Å². The van der Waals surface area contributed by atoms with Crippen LogP contribution in [-0.4, -0.2) is 11.2 Å². The Morgan fingerprint density at radius 1 is 1.44 bits per heavy atom. The lowest BCUT2D eigenvalue weighted by Crippen LogP contribution is -2.20. The van der Waals surface area contributed by atoms with Gasteiger partial charge in [0.1, 0.15) is 0 Å². The van der Waals surface area contributed by atoms with Crippen LogP contribution in [0.3, 0.4) is 0 Å². The van der Waals surface area contributed by atoms with Crippen molar-refractivity contribution in [1.29, 1.82) is 0 Å². The third kappa shape index (κ3) is 2.99. The van der Waals surface area contributed by atoms with Crippen LogP contribution in [0.25, 0.3) is 0 Å². The standard InChI is InChI=1S/C14H19ClO/c1-10-5-6-12(7-10)14(16)9-11-3-2-4-13(15)8-11/h2-4,8,10,12,14,16H,5-7,9H2,1H3. The van der Waals surface area contributed by atoms with E-state index in [0.717, 1.165) is 22.9 Å². The van der Waals surface area contributed by atoms with Gasteiger partial charge in [0.15, 0.2) is 0 Å². The van der Waals surface area contributed by atoms with E-state index in [4.69, 9.17) is 11.6 Å². The first-order valence-electron chi connectivity index (χ1n) is 6.07. The number of benzene rings is 1. The summed E-state index contributed by atoms with van der Waals surface area (Å²) in [7, 11) is 0. The largest absolute Gasteiger partial charge is 0.392 e. The van der Waals surface area contributed by atoms with Crippen LogP contribution in [0.1, 0.15) is 31.7 Å². The highest BCUT2D eigenvalue weighted by molar-refractivity contribution is 6.30. The first kappa shape index (κ1) is 11.9.